The van der Waals surface area contributed by atoms with Gasteiger partial charge in [-0.3, -0.25) is 18.9 Å². The molecule has 0 spiro atoms. The molecule has 0 saturated heterocycles. The number of benzene rings is 2. The first kappa shape index (κ1) is 17.5. The molecular formula is C21H18N4O3. The topological polar surface area (TPSA) is 78.2 Å². The van der Waals surface area contributed by atoms with Gasteiger partial charge in [0.1, 0.15) is 18.0 Å². The minimum atomic E-state index is -0.343. The first-order chi connectivity index (χ1) is 13.6. The number of nitrogens with one attached hydrogen (secondary N) is 1. The highest BCUT2D eigenvalue weighted by atomic mass is 16.5. The highest BCUT2D eigenvalue weighted by molar-refractivity contribution is 5.93. The number of carbonyl (C=O) groups excluding carboxylic acids is 1. The van der Waals surface area contributed by atoms with Gasteiger partial charge in [-0.2, -0.15) is 0 Å². The summed E-state index contributed by atoms with van der Waals surface area (Å²) in [6, 6.07) is 18.3. The van der Waals surface area contributed by atoms with Gasteiger partial charge in [-0.05, 0) is 24.3 Å². The Labute approximate surface area is 160 Å². The monoisotopic (exact) mass is 374 g/mol. The second-order valence-corrected chi connectivity index (χ2v) is 6.25. The number of para-hydroxylation sites is 3. The number of pyridine rings is 1. The molecular weight excluding hydrogens is 356 g/mol. The van der Waals surface area contributed by atoms with Crippen LogP contribution in [-0.2, 0) is 18.4 Å². The van der Waals surface area contributed by atoms with E-state index in [-0.39, 0.29) is 18.1 Å². The largest absolute Gasteiger partial charge is 0.455 e. The number of hydrogen-bond acceptors (Lipinski definition) is 4. The standard InChI is InChI=1S/C21H18N4O3/c1-24-17-9-5-6-10-18(17)25(21(24)27)14-20(26)23-16-13-22-12-11-19(16)28-15-7-3-2-4-8-15/h2-13H,14H2,1H3,(H,23,26). The number of imidazole rings is 1. The van der Waals surface area contributed by atoms with Crippen molar-refractivity contribution in [1.82, 2.24) is 14.1 Å². The number of amides is 1. The average molecular weight is 374 g/mol. The molecule has 0 unspecified atom stereocenters. The lowest BCUT2D eigenvalue weighted by Crippen LogP contribution is -2.28. The van der Waals surface area contributed by atoms with Crippen molar-refractivity contribution in [3.63, 3.8) is 0 Å². The minimum absolute atomic E-state index is 0.111. The fraction of sp³-hybridized carbons (Fsp3) is 0.0952. The van der Waals surface area contributed by atoms with E-state index in [9.17, 15) is 9.59 Å². The number of anilines is 1. The van der Waals surface area contributed by atoms with Crippen molar-refractivity contribution in [2.24, 2.45) is 7.05 Å². The van der Waals surface area contributed by atoms with Crippen LogP contribution < -0.4 is 15.7 Å². The van der Waals surface area contributed by atoms with Gasteiger partial charge >= 0.3 is 5.69 Å². The van der Waals surface area contributed by atoms with Crippen LogP contribution in [0.2, 0.25) is 0 Å². The molecule has 0 bridgehead atoms. The smallest absolute Gasteiger partial charge is 0.329 e. The third-order valence-electron chi connectivity index (χ3n) is 4.38. The Hall–Kier alpha value is -3.87. The maximum atomic E-state index is 12.6. The summed E-state index contributed by atoms with van der Waals surface area (Å²) in [4.78, 5) is 29.2. The van der Waals surface area contributed by atoms with Gasteiger partial charge in [-0.1, -0.05) is 30.3 Å². The van der Waals surface area contributed by atoms with E-state index in [0.717, 1.165) is 5.52 Å². The molecule has 1 N–H and O–H groups in total. The summed E-state index contributed by atoms with van der Waals surface area (Å²) in [5.74, 6) is 0.777. The van der Waals surface area contributed by atoms with Crippen LogP contribution >= 0.6 is 0 Å². The molecule has 0 atom stereocenters. The van der Waals surface area contributed by atoms with E-state index in [1.165, 1.54) is 15.3 Å². The zero-order valence-corrected chi connectivity index (χ0v) is 15.2. The van der Waals surface area contributed by atoms with Crippen LogP contribution in [0.4, 0.5) is 5.69 Å². The summed E-state index contributed by atoms with van der Waals surface area (Å²) in [6.07, 6.45) is 3.10. The predicted octanol–water partition coefficient (Wildman–Crippen LogP) is 3.17. The summed E-state index contributed by atoms with van der Waals surface area (Å²) in [5, 5.41) is 2.79. The van der Waals surface area contributed by atoms with Crippen LogP contribution in [0.15, 0.2) is 77.9 Å². The maximum absolute atomic E-state index is 12.6. The SMILES string of the molecule is Cn1c(=O)n(CC(=O)Nc2cnccc2Oc2ccccc2)c2ccccc21. The summed E-state index contributed by atoms with van der Waals surface area (Å²) in [7, 11) is 1.69. The van der Waals surface area contributed by atoms with Gasteiger partial charge in [-0.15, -0.1) is 0 Å². The molecule has 140 valence electrons. The van der Waals surface area contributed by atoms with Crippen molar-refractivity contribution in [2.45, 2.75) is 6.54 Å². The molecule has 2 aromatic carbocycles. The highest BCUT2D eigenvalue weighted by Crippen LogP contribution is 2.28. The van der Waals surface area contributed by atoms with E-state index in [1.807, 2.05) is 54.6 Å². The van der Waals surface area contributed by atoms with Crippen LogP contribution in [0.1, 0.15) is 0 Å². The molecule has 4 rings (SSSR count). The maximum Gasteiger partial charge on any atom is 0.329 e. The van der Waals surface area contributed by atoms with Crippen molar-refractivity contribution < 1.29 is 9.53 Å². The van der Waals surface area contributed by atoms with Crippen molar-refractivity contribution >= 4 is 22.6 Å². The molecule has 0 aliphatic heterocycles. The average Bonchev–Trinajstić information content (AvgIpc) is 2.95. The van der Waals surface area contributed by atoms with Gasteiger partial charge < -0.3 is 10.1 Å². The van der Waals surface area contributed by atoms with Gasteiger partial charge in [-0.25, -0.2) is 4.79 Å². The van der Waals surface area contributed by atoms with E-state index >= 15 is 0 Å². The van der Waals surface area contributed by atoms with Crippen LogP contribution in [0.3, 0.4) is 0 Å². The van der Waals surface area contributed by atoms with Crippen molar-refractivity contribution in [1.29, 1.82) is 0 Å². The van der Waals surface area contributed by atoms with Crippen molar-refractivity contribution in [3.05, 3.63) is 83.5 Å². The van der Waals surface area contributed by atoms with E-state index in [2.05, 4.69) is 10.3 Å². The number of carbonyl (C=O) groups is 1. The van der Waals surface area contributed by atoms with Gasteiger partial charge in [0, 0.05) is 19.3 Å². The molecule has 0 aliphatic rings. The van der Waals surface area contributed by atoms with Crippen LogP contribution in [0, 0.1) is 0 Å². The quantitative estimate of drug-likeness (QED) is 0.582. The first-order valence-electron chi connectivity index (χ1n) is 8.74. The third-order valence-corrected chi connectivity index (χ3v) is 4.38. The number of fused-ring (bicyclic) bond motifs is 1. The second kappa shape index (κ2) is 7.40. The summed E-state index contributed by atoms with van der Waals surface area (Å²) in [5.41, 5.74) is 1.67. The number of aryl methyl sites for hydroxylation is 1. The lowest BCUT2D eigenvalue weighted by atomic mass is 10.3. The predicted molar refractivity (Wildman–Crippen MR) is 107 cm³/mol. The van der Waals surface area contributed by atoms with Crippen molar-refractivity contribution in [3.8, 4) is 11.5 Å². The molecule has 0 radical (unpaired) electrons. The molecule has 1 amide bonds. The molecule has 0 saturated carbocycles. The molecule has 2 heterocycles. The molecule has 2 aromatic heterocycles. The van der Waals surface area contributed by atoms with Gasteiger partial charge in [0.2, 0.25) is 5.91 Å². The van der Waals surface area contributed by atoms with Crippen molar-refractivity contribution in [2.75, 3.05) is 5.32 Å². The van der Waals surface area contributed by atoms with Crippen LogP contribution in [0.5, 0.6) is 11.5 Å². The summed E-state index contributed by atoms with van der Waals surface area (Å²) in [6.45, 7) is -0.111. The minimum Gasteiger partial charge on any atom is -0.455 e. The van der Waals surface area contributed by atoms with Crippen LogP contribution in [0.25, 0.3) is 11.0 Å². The normalized spacial score (nSPS) is 10.8. The zero-order chi connectivity index (χ0) is 19.5. The Morgan fingerprint density at radius 2 is 1.75 bits per heavy atom. The second-order valence-electron chi connectivity index (χ2n) is 6.25. The fourth-order valence-electron chi connectivity index (χ4n) is 3.03. The van der Waals surface area contributed by atoms with Crippen LogP contribution in [-0.4, -0.2) is 20.0 Å². The molecule has 0 fully saturated rings. The van der Waals surface area contributed by atoms with Gasteiger partial charge in [0.25, 0.3) is 0 Å². The number of rotatable bonds is 5. The highest BCUT2D eigenvalue weighted by Gasteiger charge is 2.15. The lowest BCUT2D eigenvalue weighted by molar-refractivity contribution is -0.116. The number of nitrogens with zero attached hydrogens (tertiary/aromatic N) is 3. The fourth-order valence-corrected chi connectivity index (χ4v) is 3.03. The molecule has 7 nitrogen and oxygen atoms in total. The Bertz CT molecular complexity index is 1200. The summed E-state index contributed by atoms with van der Waals surface area (Å²) >= 11 is 0. The van der Waals surface area contributed by atoms with E-state index < -0.39 is 0 Å². The lowest BCUT2D eigenvalue weighted by Gasteiger charge is -2.12. The number of ether oxygens (including phenoxy) is 1. The first-order valence-corrected chi connectivity index (χ1v) is 8.74. The molecule has 28 heavy (non-hydrogen) atoms. The molecule has 4 aromatic rings. The number of aromatic nitrogens is 3. The van der Waals surface area contributed by atoms with E-state index in [0.29, 0.717) is 22.7 Å². The number of hydrogen-bond donors (Lipinski definition) is 1. The van der Waals surface area contributed by atoms with Gasteiger partial charge in [0.05, 0.1) is 17.2 Å². The Kier molecular flexibility index (Phi) is 4.63. The zero-order valence-electron chi connectivity index (χ0n) is 15.2. The summed E-state index contributed by atoms with van der Waals surface area (Å²) < 4.78 is 8.80. The van der Waals surface area contributed by atoms with E-state index in [4.69, 9.17) is 4.74 Å². The molecule has 7 heteroatoms. The Balaban J connectivity index is 1.57. The van der Waals surface area contributed by atoms with E-state index in [1.54, 1.807) is 19.3 Å². The third kappa shape index (κ3) is 3.37. The Morgan fingerprint density at radius 3 is 2.54 bits per heavy atom. The Morgan fingerprint density at radius 1 is 1.04 bits per heavy atom. The van der Waals surface area contributed by atoms with Gasteiger partial charge in [0.15, 0.2) is 5.75 Å². The molecule has 0 aliphatic carbocycles.